The van der Waals surface area contributed by atoms with Crippen LogP contribution in [-0.2, 0) is 6.42 Å². The van der Waals surface area contributed by atoms with Gasteiger partial charge < -0.3 is 10.1 Å². The minimum atomic E-state index is 0.490. The Kier molecular flexibility index (Phi) is 4.84. The molecule has 7 heteroatoms. The van der Waals surface area contributed by atoms with Crippen molar-refractivity contribution in [2.75, 3.05) is 19.5 Å². The summed E-state index contributed by atoms with van der Waals surface area (Å²) >= 11 is 3.53. The number of aryl methyl sites for hydroxylation is 1. The number of nitrogens with zero attached hydrogens (tertiary/aromatic N) is 4. The van der Waals surface area contributed by atoms with Crippen molar-refractivity contribution in [1.29, 1.82) is 0 Å². The molecule has 20 heavy (non-hydrogen) atoms. The van der Waals surface area contributed by atoms with Crippen LogP contribution in [0.4, 0.5) is 5.82 Å². The predicted molar refractivity (Wildman–Crippen MR) is 80.9 cm³/mol. The molecule has 1 N–H and O–H groups in total. The van der Waals surface area contributed by atoms with Gasteiger partial charge >= 0.3 is 0 Å². The Morgan fingerprint density at radius 3 is 2.75 bits per heavy atom. The molecule has 0 spiro atoms. The fourth-order valence-corrected chi connectivity index (χ4v) is 2.32. The standard InChI is InChI=1S/C13H16BrN5O/c1-4-5-8-11(14)13(15-2)19-12(18-8)9-6-10(20-3)17-7-16-9/h6-7H,4-5H2,1-3H3,(H,15,18,19). The average molecular weight is 338 g/mol. The molecule has 0 amide bonds. The molecular formula is C13H16BrN5O. The summed E-state index contributed by atoms with van der Waals surface area (Å²) in [7, 11) is 3.39. The molecule has 0 saturated heterocycles. The summed E-state index contributed by atoms with van der Waals surface area (Å²) in [6.07, 6.45) is 3.32. The van der Waals surface area contributed by atoms with E-state index in [4.69, 9.17) is 4.74 Å². The Labute approximate surface area is 126 Å². The Balaban J connectivity index is 2.52. The van der Waals surface area contributed by atoms with Crippen LogP contribution in [0.3, 0.4) is 0 Å². The van der Waals surface area contributed by atoms with Gasteiger partial charge in [0.2, 0.25) is 5.88 Å². The molecule has 0 aliphatic carbocycles. The fraction of sp³-hybridized carbons (Fsp3) is 0.385. The van der Waals surface area contributed by atoms with Crippen LogP contribution in [0.2, 0.25) is 0 Å². The number of methoxy groups -OCH3 is 1. The van der Waals surface area contributed by atoms with E-state index in [0.29, 0.717) is 17.4 Å². The fourth-order valence-electron chi connectivity index (χ4n) is 1.75. The van der Waals surface area contributed by atoms with E-state index in [-0.39, 0.29) is 0 Å². The summed E-state index contributed by atoms with van der Waals surface area (Å²) in [6.45, 7) is 2.11. The third-order valence-electron chi connectivity index (χ3n) is 2.72. The van der Waals surface area contributed by atoms with Crippen molar-refractivity contribution < 1.29 is 4.74 Å². The molecule has 0 aromatic carbocycles. The van der Waals surface area contributed by atoms with Crippen LogP contribution in [0.5, 0.6) is 5.88 Å². The van der Waals surface area contributed by atoms with E-state index >= 15 is 0 Å². The molecule has 0 bridgehead atoms. The van der Waals surface area contributed by atoms with Crippen molar-refractivity contribution in [2.24, 2.45) is 0 Å². The number of ether oxygens (including phenoxy) is 1. The molecular weight excluding hydrogens is 322 g/mol. The molecule has 2 aromatic rings. The molecule has 0 unspecified atom stereocenters. The van der Waals surface area contributed by atoms with Crippen molar-refractivity contribution in [1.82, 2.24) is 19.9 Å². The second-order valence-corrected chi connectivity index (χ2v) is 4.90. The second kappa shape index (κ2) is 6.60. The number of aromatic nitrogens is 4. The Hall–Kier alpha value is -1.76. The van der Waals surface area contributed by atoms with E-state index in [2.05, 4.69) is 48.1 Å². The third kappa shape index (κ3) is 3.04. The molecule has 0 saturated carbocycles. The molecule has 106 valence electrons. The lowest BCUT2D eigenvalue weighted by molar-refractivity contribution is 0.397. The maximum absolute atomic E-state index is 5.10. The number of hydrogen-bond donors (Lipinski definition) is 1. The van der Waals surface area contributed by atoms with E-state index in [1.54, 1.807) is 13.2 Å². The van der Waals surface area contributed by atoms with E-state index in [1.807, 2.05) is 7.05 Å². The third-order valence-corrected chi connectivity index (χ3v) is 3.56. The molecule has 2 aromatic heterocycles. The van der Waals surface area contributed by atoms with E-state index in [0.717, 1.165) is 28.8 Å². The molecule has 0 atom stereocenters. The lowest BCUT2D eigenvalue weighted by Crippen LogP contribution is -2.04. The smallest absolute Gasteiger partial charge is 0.216 e. The minimum Gasteiger partial charge on any atom is -0.481 e. The Bertz CT molecular complexity index is 605. The number of halogens is 1. The quantitative estimate of drug-likeness (QED) is 0.904. The molecule has 2 rings (SSSR count). The zero-order chi connectivity index (χ0) is 14.5. The Morgan fingerprint density at radius 1 is 1.30 bits per heavy atom. The topological polar surface area (TPSA) is 72.8 Å². The normalized spacial score (nSPS) is 10.4. The van der Waals surface area contributed by atoms with Crippen LogP contribution in [0.1, 0.15) is 19.0 Å². The highest BCUT2D eigenvalue weighted by atomic mass is 79.9. The minimum absolute atomic E-state index is 0.490. The maximum Gasteiger partial charge on any atom is 0.216 e. The van der Waals surface area contributed by atoms with Gasteiger partial charge in [0.25, 0.3) is 0 Å². The van der Waals surface area contributed by atoms with Crippen LogP contribution >= 0.6 is 15.9 Å². The summed E-state index contributed by atoms with van der Waals surface area (Å²) in [5, 5.41) is 3.06. The van der Waals surface area contributed by atoms with Gasteiger partial charge in [-0.3, -0.25) is 0 Å². The maximum atomic E-state index is 5.10. The highest BCUT2D eigenvalue weighted by Gasteiger charge is 2.13. The first-order chi connectivity index (χ1) is 9.69. The largest absolute Gasteiger partial charge is 0.481 e. The van der Waals surface area contributed by atoms with Gasteiger partial charge in [0.05, 0.1) is 17.3 Å². The summed E-state index contributed by atoms with van der Waals surface area (Å²) in [6, 6.07) is 1.72. The van der Waals surface area contributed by atoms with Gasteiger partial charge in [-0.2, -0.15) is 0 Å². The number of rotatable bonds is 5. The van der Waals surface area contributed by atoms with Crippen LogP contribution in [0.15, 0.2) is 16.9 Å². The monoisotopic (exact) mass is 337 g/mol. The van der Waals surface area contributed by atoms with Crippen molar-refractivity contribution >= 4 is 21.7 Å². The highest BCUT2D eigenvalue weighted by molar-refractivity contribution is 9.10. The van der Waals surface area contributed by atoms with Gasteiger partial charge in [-0.1, -0.05) is 13.3 Å². The second-order valence-electron chi connectivity index (χ2n) is 4.10. The van der Waals surface area contributed by atoms with Crippen molar-refractivity contribution in [2.45, 2.75) is 19.8 Å². The average Bonchev–Trinajstić information content (AvgIpc) is 2.49. The van der Waals surface area contributed by atoms with Gasteiger partial charge in [-0.05, 0) is 22.4 Å². The van der Waals surface area contributed by atoms with E-state index in [9.17, 15) is 0 Å². The number of hydrogen-bond acceptors (Lipinski definition) is 6. The highest BCUT2D eigenvalue weighted by Crippen LogP contribution is 2.27. The zero-order valence-corrected chi connectivity index (χ0v) is 13.2. The van der Waals surface area contributed by atoms with Gasteiger partial charge in [0.15, 0.2) is 5.82 Å². The summed E-state index contributed by atoms with van der Waals surface area (Å²) in [5.41, 5.74) is 1.60. The van der Waals surface area contributed by atoms with Crippen LogP contribution < -0.4 is 10.1 Å². The first kappa shape index (κ1) is 14.6. The molecule has 0 aliphatic heterocycles. The van der Waals surface area contributed by atoms with Gasteiger partial charge in [0, 0.05) is 13.1 Å². The van der Waals surface area contributed by atoms with Crippen LogP contribution in [-0.4, -0.2) is 34.1 Å². The van der Waals surface area contributed by atoms with Gasteiger partial charge in [0.1, 0.15) is 17.8 Å². The van der Waals surface area contributed by atoms with Crippen LogP contribution in [0, 0.1) is 0 Å². The molecule has 0 aliphatic rings. The number of nitrogens with one attached hydrogen (secondary N) is 1. The first-order valence-electron chi connectivity index (χ1n) is 6.30. The Morgan fingerprint density at radius 2 is 2.10 bits per heavy atom. The molecule has 0 radical (unpaired) electrons. The zero-order valence-electron chi connectivity index (χ0n) is 11.6. The van der Waals surface area contributed by atoms with E-state index < -0.39 is 0 Å². The predicted octanol–water partition coefficient (Wildman–Crippen LogP) is 2.70. The summed E-state index contributed by atoms with van der Waals surface area (Å²) in [4.78, 5) is 17.2. The molecule has 2 heterocycles. The summed E-state index contributed by atoms with van der Waals surface area (Å²) < 4.78 is 6.00. The first-order valence-corrected chi connectivity index (χ1v) is 7.09. The molecule has 6 nitrogen and oxygen atoms in total. The summed E-state index contributed by atoms with van der Waals surface area (Å²) in [5.74, 6) is 1.79. The van der Waals surface area contributed by atoms with Crippen LogP contribution in [0.25, 0.3) is 11.5 Å². The molecule has 0 fully saturated rings. The van der Waals surface area contributed by atoms with Gasteiger partial charge in [-0.15, -0.1) is 0 Å². The van der Waals surface area contributed by atoms with Crippen molar-refractivity contribution in [3.05, 3.63) is 22.6 Å². The van der Waals surface area contributed by atoms with Crippen molar-refractivity contribution in [3.63, 3.8) is 0 Å². The lowest BCUT2D eigenvalue weighted by Gasteiger charge is -2.10. The van der Waals surface area contributed by atoms with E-state index in [1.165, 1.54) is 6.33 Å². The van der Waals surface area contributed by atoms with Crippen molar-refractivity contribution in [3.8, 4) is 17.4 Å². The lowest BCUT2D eigenvalue weighted by atomic mass is 10.2. The SMILES string of the molecule is CCCc1nc(-c2cc(OC)ncn2)nc(NC)c1Br. The number of anilines is 1. The van der Waals surface area contributed by atoms with Gasteiger partial charge in [-0.25, -0.2) is 19.9 Å².